The molecule has 3 aromatic rings. The fourth-order valence-corrected chi connectivity index (χ4v) is 4.09. The summed E-state index contributed by atoms with van der Waals surface area (Å²) in [5.74, 6) is 6.66. The van der Waals surface area contributed by atoms with Gasteiger partial charge < -0.3 is 15.2 Å². The zero-order valence-electron chi connectivity index (χ0n) is 15.1. The molecule has 5 nitrogen and oxygen atoms in total. The topological polar surface area (TPSA) is 64.4 Å². The fourth-order valence-electron chi connectivity index (χ4n) is 4.09. The van der Waals surface area contributed by atoms with E-state index in [4.69, 9.17) is 10.3 Å². The lowest BCUT2D eigenvalue weighted by Crippen LogP contribution is -2.33. The van der Waals surface area contributed by atoms with Crippen molar-refractivity contribution in [3.05, 3.63) is 59.7 Å². The first-order valence-corrected chi connectivity index (χ1v) is 9.36. The monoisotopic (exact) mass is 351 g/mol. The van der Waals surface area contributed by atoms with E-state index < -0.39 is 0 Å². The molecule has 2 aromatic heterocycles. The fraction of sp³-hybridized carbons (Fsp3) is 0.381. The lowest BCUT2D eigenvalue weighted by Gasteiger charge is -2.31. The molecule has 0 unspecified atom stereocenters. The number of hydrogen-bond acceptors (Lipinski definition) is 4. The molecule has 0 bridgehead atoms. The van der Waals surface area contributed by atoms with Gasteiger partial charge >= 0.3 is 0 Å². The van der Waals surface area contributed by atoms with Crippen molar-refractivity contribution < 1.29 is 9.21 Å². The molecule has 0 saturated carbocycles. The maximum Gasteiger partial charge on any atom is 0.196 e. The van der Waals surface area contributed by atoms with Gasteiger partial charge in [-0.2, -0.15) is 0 Å². The smallest absolute Gasteiger partial charge is 0.196 e. The highest BCUT2D eigenvalue weighted by Gasteiger charge is 2.24. The summed E-state index contributed by atoms with van der Waals surface area (Å²) in [4.78, 5) is 15.2. The molecule has 2 N–H and O–H groups in total. The minimum atomic E-state index is -0.0193. The minimum Gasteiger partial charge on any atom is -0.472 e. The summed E-state index contributed by atoms with van der Waals surface area (Å²) in [5, 5.41) is 1.09. The number of hydrogen-bond donors (Lipinski definition) is 1. The number of nitrogens with two attached hydrogens (primary N) is 1. The van der Waals surface area contributed by atoms with Gasteiger partial charge in [-0.25, -0.2) is 0 Å². The van der Waals surface area contributed by atoms with Crippen LogP contribution in [0.25, 0.3) is 10.9 Å². The van der Waals surface area contributed by atoms with Gasteiger partial charge in [0.2, 0.25) is 0 Å². The van der Waals surface area contributed by atoms with Gasteiger partial charge in [-0.05, 0) is 74.6 Å². The minimum absolute atomic E-state index is 0.0193. The zero-order valence-corrected chi connectivity index (χ0v) is 15.1. The van der Waals surface area contributed by atoms with Crippen LogP contribution in [0.1, 0.15) is 53.6 Å². The Labute approximate surface area is 153 Å². The van der Waals surface area contributed by atoms with Gasteiger partial charge in [-0.15, -0.1) is 0 Å². The van der Waals surface area contributed by atoms with Crippen molar-refractivity contribution in [2.24, 2.45) is 0 Å². The van der Waals surface area contributed by atoms with E-state index in [1.54, 1.807) is 10.7 Å². The number of carbonyl (C=O) groups is 1. The third kappa shape index (κ3) is 3.03. The van der Waals surface area contributed by atoms with Crippen molar-refractivity contribution in [1.29, 1.82) is 0 Å². The normalized spacial score (nSPS) is 16.3. The number of benzene rings is 1. The van der Waals surface area contributed by atoms with Gasteiger partial charge in [0, 0.05) is 17.1 Å². The highest BCUT2D eigenvalue weighted by molar-refractivity contribution is 6.10. The molecule has 136 valence electrons. The van der Waals surface area contributed by atoms with Crippen LogP contribution in [-0.4, -0.2) is 35.0 Å². The van der Waals surface area contributed by atoms with Crippen LogP contribution < -0.4 is 5.84 Å². The summed E-state index contributed by atoms with van der Waals surface area (Å²) in [6, 6.07) is 7.47. The van der Waals surface area contributed by atoms with Crippen LogP contribution in [0.2, 0.25) is 0 Å². The van der Waals surface area contributed by atoms with E-state index in [1.807, 2.05) is 24.4 Å². The van der Waals surface area contributed by atoms with Gasteiger partial charge in [0.05, 0.1) is 17.3 Å². The molecule has 1 saturated heterocycles. The van der Waals surface area contributed by atoms with Crippen molar-refractivity contribution >= 4 is 16.7 Å². The Morgan fingerprint density at radius 1 is 1.23 bits per heavy atom. The van der Waals surface area contributed by atoms with Crippen LogP contribution in [-0.2, 0) is 0 Å². The number of rotatable bonds is 5. The number of fused-ring (bicyclic) bond motifs is 1. The summed E-state index contributed by atoms with van der Waals surface area (Å²) >= 11 is 0. The lowest BCUT2D eigenvalue weighted by molar-refractivity contribution is 0.103. The van der Waals surface area contributed by atoms with Crippen molar-refractivity contribution in [2.45, 2.75) is 32.1 Å². The van der Waals surface area contributed by atoms with Crippen molar-refractivity contribution in [3.8, 4) is 0 Å². The van der Waals surface area contributed by atoms with Gasteiger partial charge in [0.15, 0.2) is 5.78 Å². The van der Waals surface area contributed by atoms with E-state index in [0.29, 0.717) is 17.0 Å². The third-order valence-corrected chi connectivity index (χ3v) is 5.48. The molecular weight excluding hydrogens is 326 g/mol. The summed E-state index contributed by atoms with van der Waals surface area (Å²) in [7, 11) is 0. The Bertz CT molecular complexity index is 903. The number of furan rings is 1. The Morgan fingerprint density at radius 2 is 2.04 bits per heavy atom. The van der Waals surface area contributed by atoms with Crippen LogP contribution in [0.3, 0.4) is 0 Å². The molecule has 0 spiro atoms. The van der Waals surface area contributed by atoms with Crippen LogP contribution in [0.5, 0.6) is 0 Å². The molecule has 26 heavy (non-hydrogen) atoms. The van der Waals surface area contributed by atoms with Crippen LogP contribution in [0, 0.1) is 0 Å². The third-order valence-electron chi connectivity index (χ3n) is 5.48. The first kappa shape index (κ1) is 16.9. The standard InChI is InChI=1S/C21H25N3O2/c1-2-8-23-9-5-15(6-10-23)19-13-24(22)20-4-3-16(12-18(19)20)21(25)17-7-11-26-14-17/h3-4,7,11-15H,2,5-6,8-10,22H2,1H3. The average Bonchev–Trinajstić information content (AvgIpc) is 3.30. The van der Waals surface area contributed by atoms with Crippen LogP contribution in [0.4, 0.5) is 0 Å². The predicted molar refractivity (Wildman–Crippen MR) is 103 cm³/mol. The molecule has 0 amide bonds. The van der Waals surface area contributed by atoms with Crippen molar-refractivity contribution in [1.82, 2.24) is 9.58 Å². The van der Waals surface area contributed by atoms with Crippen LogP contribution in [0.15, 0.2) is 47.4 Å². The molecule has 5 heteroatoms. The quantitative estimate of drug-likeness (QED) is 0.561. The highest BCUT2D eigenvalue weighted by atomic mass is 16.3. The largest absolute Gasteiger partial charge is 0.472 e. The van der Waals surface area contributed by atoms with Gasteiger partial charge in [0.25, 0.3) is 0 Å². The molecule has 1 aliphatic heterocycles. The molecule has 1 fully saturated rings. The van der Waals surface area contributed by atoms with E-state index >= 15 is 0 Å². The summed E-state index contributed by atoms with van der Waals surface area (Å²) in [5.41, 5.74) is 3.49. The number of nitrogens with zero attached hydrogens (tertiary/aromatic N) is 2. The predicted octanol–water partition coefficient (Wildman–Crippen LogP) is 3.77. The molecule has 4 rings (SSSR count). The first-order valence-electron chi connectivity index (χ1n) is 9.36. The number of aromatic nitrogens is 1. The number of likely N-dealkylation sites (tertiary alicyclic amines) is 1. The molecule has 0 atom stereocenters. The average molecular weight is 351 g/mol. The number of piperidine rings is 1. The molecule has 1 aliphatic rings. The second-order valence-electron chi connectivity index (χ2n) is 7.18. The van der Waals surface area contributed by atoms with E-state index in [9.17, 15) is 4.79 Å². The Morgan fingerprint density at radius 3 is 2.73 bits per heavy atom. The van der Waals surface area contributed by atoms with E-state index in [0.717, 1.165) is 36.8 Å². The lowest BCUT2D eigenvalue weighted by atomic mass is 9.88. The maximum atomic E-state index is 12.7. The van der Waals surface area contributed by atoms with Gasteiger partial charge in [-0.1, -0.05) is 6.92 Å². The Balaban J connectivity index is 1.65. The SMILES string of the molecule is CCCN1CCC(c2cn(N)c3ccc(C(=O)c4ccoc4)cc23)CC1. The van der Waals surface area contributed by atoms with Gasteiger partial charge in [0.1, 0.15) is 6.26 Å². The Kier molecular flexibility index (Phi) is 4.55. The second-order valence-corrected chi connectivity index (χ2v) is 7.18. The molecular formula is C21H25N3O2. The van der Waals surface area contributed by atoms with E-state index in [-0.39, 0.29) is 5.78 Å². The zero-order chi connectivity index (χ0) is 18.1. The van der Waals surface area contributed by atoms with E-state index in [2.05, 4.69) is 11.8 Å². The molecule has 1 aromatic carbocycles. The van der Waals surface area contributed by atoms with Crippen LogP contribution >= 0.6 is 0 Å². The number of ketones is 1. The van der Waals surface area contributed by atoms with Gasteiger partial charge in [-0.3, -0.25) is 9.47 Å². The summed E-state index contributed by atoms with van der Waals surface area (Å²) in [6.07, 6.45) is 8.53. The Hall–Kier alpha value is -2.53. The van der Waals surface area contributed by atoms with Crippen molar-refractivity contribution in [3.63, 3.8) is 0 Å². The highest BCUT2D eigenvalue weighted by Crippen LogP contribution is 2.34. The molecule has 0 radical (unpaired) electrons. The summed E-state index contributed by atoms with van der Waals surface area (Å²) < 4.78 is 6.74. The number of carbonyl (C=O) groups excluding carboxylic acids is 1. The van der Waals surface area contributed by atoms with E-state index in [1.165, 1.54) is 31.1 Å². The second kappa shape index (κ2) is 7.00. The summed E-state index contributed by atoms with van der Waals surface area (Å²) in [6.45, 7) is 5.66. The van der Waals surface area contributed by atoms with Crippen molar-refractivity contribution in [2.75, 3.05) is 25.5 Å². The molecule has 3 heterocycles. The number of nitrogen functional groups attached to an aromatic ring is 1. The maximum absolute atomic E-state index is 12.7. The molecule has 0 aliphatic carbocycles. The first-order chi connectivity index (χ1) is 12.7.